The molecule has 0 aliphatic rings. The molecule has 0 spiro atoms. The Morgan fingerprint density at radius 3 is 1.33 bits per heavy atom. The molecule has 0 aromatic heterocycles. The molecule has 0 fully saturated rings. The first-order chi connectivity index (χ1) is 13.1. The summed E-state index contributed by atoms with van der Waals surface area (Å²) in [6.45, 7) is 5.41. The van der Waals surface area contributed by atoms with Crippen LogP contribution in [0.2, 0.25) is 0 Å². The lowest BCUT2D eigenvalue weighted by Crippen LogP contribution is -2.35. The van der Waals surface area contributed by atoms with Crippen LogP contribution in [-0.4, -0.2) is 10.9 Å². The molecule has 3 rings (SSSR count). The number of hydrogen-bond donors (Lipinski definition) is 1. The second-order valence-corrected chi connectivity index (χ2v) is 5.95. The first-order valence-electron chi connectivity index (χ1n) is 8.46. The summed E-state index contributed by atoms with van der Waals surface area (Å²) >= 11 is 0. The molecule has 3 nitrogen and oxygen atoms in total. The summed E-state index contributed by atoms with van der Waals surface area (Å²) in [7, 11) is 1.42. The van der Waals surface area contributed by atoms with Gasteiger partial charge in [0, 0.05) is 22.3 Å². The molecule has 0 aliphatic heterocycles. The smallest absolute Gasteiger partial charge is 0.334 e. The van der Waals surface area contributed by atoms with Crippen molar-refractivity contribution in [2.75, 3.05) is 0 Å². The topological polar surface area (TPSA) is 46.5 Å². The molecule has 0 heterocycles. The van der Waals surface area contributed by atoms with Gasteiger partial charge >= 0.3 is 5.97 Å². The molecule has 0 saturated heterocycles. The number of benzene rings is 3. The van der Waals surface area contributed by atoms with Crippen molar-refractivity contribution in [3.8, 4) is 0 Å². The monoisotopic (exact) mass is 378 g/mol. The first kappa shape index (κ1) is 20.6. The van der Waals surface area contributed by atoms with E-state index in [1.165, 1.54) is 9.47 Å². The van der Waals surface area contributed by atoms with Gasteiger partial charge in [-0.15, -0.1) is 0 Å². The van der Waals surface area contributed by atoms with Gasteiger partial charge in [-0.2, -0.15) is 0 Å². The minimum Gasteiger partial charge on any atom is -0.441 e. The molecule has 4 heteroatoms. The van der Waals surface area contributed by atoms with Crippen molar-refractivity contribution < 1.29 is 14.4 Å². The highest BCUT2D eigenvalue weighted by Crippen LogP contribution is 2.40. The maximum Gasteiger partial charge on any atom is 0.334 e. The zero-order valence-corrected chi connectivity index (χ0v) is 16.4. The Bertz CT molecular complexity index is 765. The molecule has 1 N–H and O–H groups in total. The van der Waals surface area contributed by atoms with Crippen LogP contribution < -0.4 is 0 Å². The Hall–Kier alpha value is -2.74. The molecular weight excluding hydrogens is 355 g/mol. The van der Waals surface area contributed by atoms with Crippen molar-refractivity contribution in [2.45, 2.75) is 12.5 Å². The average Bonchev–Trinajstić information content (AvgIpc) is 2.75. The maximum absolute atomic E-state index is 12.6. The van der Waals surface area contributed by atoms with E-state index in [0.29, 0.717) is 5.57 Å². The minimum atomic E-state index is -1.03. The van der Waals surface area contributed by atoms with Gasteiger partial charge in [0.05, 0.1) is 0 Å². The van der Waals surface area contributed by atoms with Crippen LogP contribution in [0.3, 0.4) is 0 Å². The normalized spacial score (nSPS) is 10.3. The van der Waals surface area contributed by atoms with Crippen molar-refractivity contribution in [3.63, 3.8) is 0 Å². The van der Waals surface area contributed by atoms with E-state index < -0.39 is 11.6 Å². The summed E-state index contributed by atoms with van der Waals surface area (Å²) in [6, 6.07) is 29.4. The van der Waals surface area contributed by atoms with Crippen molar-refractivity contribution in [1.29, 1.82) is 0 Å². The largest absolute Gasteiger partial charge is 0.441 e. The van der Waals surface area contributed by atoms with Gasteiger partial charge in [-0.1, -0.05) is 97.6 Å². The average molecular weight is 378 g/mol. The van der Waals surface area contributed by atoms with Crippen LogP contribution in [0.4, 0.5) is 0 Å². The van der Waals surface area contributed by atoms with E-state index in [4.69, 9.17) is 9.63 Å². The molecule has 3 aromatic rings. The maximum atomic E-state index is 12.6. The van der Waals surface area contributed by atoms with Crippen LogP contribution in [0.15, 0.2) is 103 Å². The van der Waals surface area contributed by atoms with Gasteiger partial charge in [0.25, 0.3) is 0 Å². The van der Waals surface area contributed by atoms with Gasteiger partial charge in [-0.25, -0.2) is 4.79 Å². The van der Waals surface area contributed by atoms with Crippen molar-refractivity contribution in [1.82, 2.24) is 0 Å². The van der Waals surface area contributed by atoms with Gasteiger partial charge in [-0.05, 0) is 16.4 Å². The molecule has 0 radical (unpaired) electrons. The van der Waals surface area contributed by atoms with E-state index >= 15 is 0 Å². The lowest BCUT2D eigenvalue weighted by atomic mass is 9.80. The third kappa shape index (κ3) is 4.51. The zero-order chi connectivity index (χ0) is 19.7. The lowest BCUT2D eigenvalue weighted by Gasteiger charge is -2.35. The van der Waals surface area contributed by atoms with Gasteiger partial charge in [0.1, 0.15) is 0 Å². The number of carbonyl (C=O) groups is 1. The second-order valence-electron chi connectivity index (χ2n) is 5.95. The third-order valence-electron chi connectivity index (χ3n) is 4.14. The first-order valence-corrected chi connectivity index (χ1v) is 8.97. The molecular formula is C23H23O3P. The van der Waals surface area contributed by atoms with E-state index in [-0.39, 0.29) is 0 Å². The minimum absolute atomic E-state index is 0.368. The number of rotatable bonds is 5. The van der Waals surface area contributed by atoms with Gasteiger partial charge in [0.2, 0.25) is 0 Å². The molecule has 0 saturated carbocycles. The Morgan fingerprint density at radius 1 is 0.778 bits per heavy atom. The molecule has 0 amide bonds. The summed E-state index contributed by atoms with van der Waals surface area (Å²) in [5.41, 5.74) is 2.01. The van der Waals surface area contributed by atoms with Crippen molar-refractivity contribution in [2.24, 2.45) is 0 Å². The van der Waals surface area contributed by atoms with Gasteiger partial charge in [-0.3, -0.25) is 0 Å². The highest BCUT2D eigenvalue weighted by Gasteiger charge is 2.40. The fourth-order valence-corrected chi connectivity index (χ4v) is 2.92. The third-order valence-corrected chi connectivity index (χ3v) is 4.14. The highest BCUT2D eigenvalue weighted by atomic mass is 31.0. The van der Waals surface area contributed by atoms with Crippen LogP contribution in [0, 0.1) is 0 Å². The molecule has 3 aromatic carbocycles. The summed E-state index contributed by atoms with van der Waals surface area (Å²) in [4.78, 5) is 19.5. The quantitative estimate of drug-likeness (QED) is 0.298. The Balaban J connectivity index is 0.00000126. The van der Waals surface area contributed by atoms with E-state index in [2.05, 4.69) is 6.58 Å². The number of esters is 1. The summed E-state index contributed by atoms with van der Waals surface area (Å²) in [5, 5.41) is 0. The second kappa shape index (κ2) is 9.82. The van der Waals surface area contributed by atoms with E-state index in [1.807, 2.05) is 91.0 Å². The van der Waals surface area contributed by atoms with E-state index in [0.717, 1.165) is 16.7 Å². The molecule has 0 bridgehead atoms. The summed E-state index contributed by atoms with van der Waals surface area (Å²) < 4.78 is 6.12. The Kier molecular flexibility index (Phi) is 7.48. The van der Waals surface area contributed by atoms with Crippen LogP contribution in [0.25, 0.3) is 0 Å². The summed E-state index contributed by atoms with van der Waals surface area (Å²) in [5.74, 6) is -0.420. The van der Waals surface area contributed by atoms with Gasteiger partial charge < -0.3 is 9.63 Å². The van der Waals surface area contributed by atoms with Crippen LogP contribution in [0.1, 0.15) is 23.6 Å². The molecule has 1 unspecified atom stereocenters. The standard InChI is InChI=1S/C23H20O2.H3OP/c1-18(2)22(24)25-23(19-12-6-3-7-13-19,20-14-8-4-9-15-20)21-16-10-5-11-17-21;1-2/h3-17H,1H2,2H3;1H,2H2. The van der Waals surface area contributed by atoms with Crippen LogP contribution >= 0.6 is 9.47 Å². The number of hydrogen-bond acceptors (Lipinski definition) is 3. The van der Waals surface area contributed by atoms with Crippen molar-refractivity contribution in [3.05, 3.63) is 120 Å². The fraction of sp³-hybridized carbons (Fsp3) is 0.0870. The fourth-order valence-electron chi connectivity index (χ4n) is 2.92. The summed E-state index contributed by atoms with van der Waals surface area (Å²) in [6.07, 6.45) is 0. The van der Waals surface area contributed by atoms with Gasteiger partial charge in [0.15, 0.2) is 5.60 Å². The Labute approximate surface area is 162 Å². The van der Waals surface area contributed by atoms with Crippen LogP contribution in [-0.2, 0) is 15.1 Å². The predicted octanol–water partition coefficient (Wildman–Crippen LogP) is 4.87. The van der Waals surface area contributed by atoms with Crippen LogP contribution in [0.5, 0.6) is 0 Å². The molecule has 138 valence electrons. The Morgan fingerprint density at radius 2 is 1.07 bits per heavy atom. The van der Waals surface area contributed by atoms with Crippen molar-refractivity contribution >= 4 is 15.4 Å². The number of carbonyl (C=O) groups excluding carboxylic acids is 1. The molecule has 0 aliphatic carbocycles. The number of ether oxygens (including phenoxy) is 1. The van der Waals surface area contributed by atoms with E-state index in [9.17, 15) is 4.79 Å². The molecule has 1 atom stereocenters. The lowest BCUT2D eigenvalue weighted by molar-refractivity contribution is -0.148. The predicted molar refractivity (Wildman–Crippen MR) is 112 cm³/mol. The SMILES string of the molecule is C=C(C)C(=O)OC(c1ccccc1)(c1ccccc1)c1ccccc1.OP. The highest BCUT2D eigenvalue weighted by molar-refractivity contribution is 7.08. The van der Waals surface area contributed by atoms with E-state index in [1.54, 1.807) is 6.92 Å². The molecule has 27 heavy (non-hydrogen) atoms. The zero-order valence-electron chi connectivity index (χ0n) is 15.2.